The number of aryl methyl sites for hydroxylation is 1. The van der Waals surface area contributed by atoms with Crippen LogP contribution in [0.5, 0.6) is 5.88 Å². The van der Waals surface area contributed by atoms with Crippen molar-refractivity contribution in [2.24, 2.45) is 0 Å². The summed E-state index contributed by atoms with van der Waals surface area (Å²) in [7, 11) is 0. The predicted octanol–water partition coefficient (Wildman–Crippen LogP) is 1.86. The molecular formula is C20H20N4O3. The summed E-state index contributed by atoms with van der Waals surface area (Å²) in [5.74, 6) is 0.591. The lowest BCUT2D eigenvalue weighted by molar-refractivity contribution is -0.130. The van der Waals surface area contributed by atoms with E-state index in [1.807, 2.05) is 30.3 Å². The SMILES string of the molecule is O=C(CCn1cnc2ccccc2c1=O)N1CCC(Oc2ccccn2)C1. The van der Waals surface area contributed by atoms with Crippen LogP contribution in [0.25, 0.3) is 10.9 Å². The third kappa shape index (κ3) is 3.81. The number of carbonyl (C=O) groups excluding carboxylic acids is 1. The van der Waals surface area contributed by atoms with Crippen LogP contribution in [-0.2, 0) is 11.3 Å². The molecule has 3 aromatic rings. The van der Waals surface area contributed by atoms with Crippen molar-refractivity contribution in [3.63, 3.8) is 0 Å². The molecule has 1 aliphatic heterocycles. The van der Waals surface area contributed by atoms with Crippen LogP contribution in [0.4, 0.5) is 0 Å². The first-order chi connectivity index (χ1) is 13.2. The van der Waals surface area contributed by atoms with Crippen molar-refractivity contribution in [2.45, 2.75) is 25.5 Å². The maximum atomic E-state index is 12.5. The Morgan fingerprint density at radius 2 is 2.00 bits per heavy atom. The minimum Gasteiger partial charge on any atom is -0.472 e. The van der Waals surface area contributed by atoms with Gasteiger partial charge in [0.05, 0.1) is 23.8 Å². The molecule has 0 spiro atoms. The zero-order chi connectivity index (χ0) is 18.6. The Bertz CT molecular complexity index is 1000. The molecule has 0 radical (unpaired) electrons. The van der Waals surface area contributed by atoms with Crippen LogP contribution in [0.15, 0.2) is 59.8 Å². The summed E-state index contributed by atoms with van der Waals surface area (Å²) >= 11 is 0. The van der Waals surface area contributed by atoms with Crippen molar-refractivity contribution in [1.82, 2.24) is 19.4 Å². The number of benzene rings is 1. The van der Waals surface area contributed by atoms with Gasteiger partial charge in [-0.2, -0.15) is 0 Å². The van der Waals surface area contributed by atoms with E-state index in [2.05, 4.69) is 9.97 Å². The van der Waals surface area contributed by atoms with Crippen molar-refractivity contribution in [3.05, 3.63) is 65.3 Å². The summed E-state index contributed by atoms with van der Waals surface area (Å²) in [6.45, 7) is 1.51. The summed E-state index contributed by atoms with van der Waals surface area (Å²) in [6, 6.07) is 12.7. The number of hydrogen-bond acceptors (Lipinski definition) is 5. The van der Waals surface area contributed by atoms with Gasteiger partial charge in [-0.1, -0.05) is 18.2 Å². The molecule has 2 aromatic heterocycles. The zero-order valence-electron chi connectivity index (χ0n) is 14.8. The number of aromatic nitrogens is 3. The third-order valence-electron chi connectivity index (χ3n) is 4.72. The Hall–Kier alpha value is -3.22. The van der Waals surface area contributed by atoms with Crippen LogP contribution in [0, 0.1) is 0 Å². The topological polar surface area (TPSA) is 77.3 Å². The molecule has 0 bridgehead atoms. The number of likely N-dealkylation sites (tertiary alicyclic amines) is 1. The molecule has 0 saturated carbocycles. The second-order valence-corrected chi connectivity index (χ2v) is 6.55. The fourth-order valence-electron chi connectivity index (χ4n) is 3.28. The van der Waals surface area contributed by atoms with E-state index in [-0.39, 0.29) is 24.0 Å². The predicted molar refractivity (Wildman–Crippen MR) is 100 cm³/mol. The van der Waals surface area contributed by atoms with E-state index in [1.165, 1.54) is 10.9 Å². The molecule has 0 N–H and O–H groups in total. The Kier molecular flexibility index (Phi) is 4.82. The van der Waals surface area contributed by atoms with Crippen LogP contribution < -0.4 is 10.3 Å². The molecule has 1 amide bonds. The van der Waals surface area contributed by atoms with Crippen LogP contribution in [0.1, 0.15) is 12.8 Å². The molecule has 3 heterocycles. The molecule has 0 aliphatic carbocycles. The van der Waals surface area contributed by atoms with Gasteiger partial charge in [-0.05, 0) is 18.2 Å². The molecular weight excluding hydrogens is 344 g/mol. The standard InChI is InChI=1S/C20H20N4O3/c25-19(23-11-8-15(13-23)27-18-7-3-4-10-21-18)9-12-24-14-22-17-6-2-1-5-16(17)20(24)26/h1-7,10,14-15H,8-9,11-13H2. The lowest BCUT2D eigenvalue weighted by atomic mass is 10.2. The first kappa shape index (κ1) is 17.2. The number of para-hydroxylation sites is 1. The van der Waals surface area contributed by atoms with Crippen LogP contribution in [-0.4, -0.2) is 44.5 Å². The Balaban J connectivity index is 1.35. The van der Waals surface area contributed by atoms with Crippen molar-refractivity contribution < 1.29 is 9.53 Å². The highest BCUT2D eigenvalue weighted by molar-refractivity contribution is 5.77. The smallest absolute Gasteiger partial charge is 0.261 e. The van der Waals surface area contributed by atoms with Crippen LogP contribution in [0.3, 0.4) is 0 Å². The fourth-order valence-corrected chi connectivity index (χ4v) is 3.28. The van der Waals surface area contributed by atoms with Gasteiger partial charge in [0, 0.05) is 38.2 Å². The Morgan fingerprint density at radius 1 is 1.15 bits per heavy atom. The average molecular weight is 364 g/mol. The van der Waals surface area contributed by atoms with E-state index < -0.39 is 0 Å². The van der Waals surface area contributed by atoms with Gasteiger partial charge in [0.25, 0.3) is 5.56 Å². The highest BCUT2D eigenvalue weighted by Gasteiger charge is 2.27. The van der Waals surface area contributed by atoms with Gasteiger partial charge in [-0.15, -0.1) is 0 Å². The number of rotatable bonds is 5. The van der Waals surface area contributed by atoms with Gasteiger partial charge < -0.3 is 9.64 Å². The first-order valence-corrected chi connectivity index (χ1v) is 9.00. The molecule has 1 aromatic carbocycles. The quantitative estimate of drug-likeness (QED) is 0.691. The number of carbonyl (C=O) groups is 1. The van der Waals surface area contributed by atoms with Gasteiger partial charge in [0.15, 0.2) is 0 Å². The van der Waals surface area contributed by atoms with Crippen molar-refractivity contribution >= 4 is 16.8 Å². The van der Waals surface area contributed by atoms with Crippen molar-refractivity contribution in [3.8, 4) is 5.88 Å². The van der Waals surface area contributed by atoms with Crippen LogP contribution >= 0.6 is 0 Å². The lowest BCUT2D eigenvalue weighted by Gasteiger charge is -2.17. The molecule has 27 heavy (non-hydrogen) atoms. The molecule has 1 saturated heterocycles. The van der Waals surface area contributed by atoms with E-state index in [4.69, 9.17) is 4.74 Å². The van der Waals surface area contributed by atoms with Crippen molar-refractivity contribution in [1.29, 1.82) is 0 Å². The molecule has 138 valence electrons. The number of fused-ring (bicyclic) bond motifs is 1. The van der Waals surface area contributed by atoms with Gasteiger partial charge >= 0.3 is 0 Å². The van der Waals surface area contributed by atoms with E-state index in [1.54, 1.807) is 23.2 Å². The number of amides is 1. The molecule has 4 rings (SSSR count). The second kappa shape index (κ2) is 7.57. The highest BCUT2D eigenvalue weighted by atomic mass is 16.5. The van der Waals surface area contributed by atoms with E-state index >= 15 is 0 Å². The largest absolute Gasteiger partial charge is 0.472 e. The average Bonchev–Trinajstić information content (AvgIpc) is 3.17. The van der Waals surface area contributed by atoms with Crippen molar-refractivity contribution in [2.75, 3.05) is 13.1 Å². The van der Waals surface area contributed by atoms with E-state index in [9.17, 15) is 9.59 Å². The van der Waals surface area contributed by atoms with Gasteiger partial charge in [0.1, 0.15) is 6.10 Å². The minimum absolute atomic E-state index is 0.0159. The van der Waals surface area contributed by atoms with Crippen LogP contribution in [0.2, 0.25) is 0 Å². The Labute approximate surface area is 156 Å². The monoisotopic (exact) mass is 364 g/mol. The molecule has 1 fully saturated rings. The van der Waals surface area contributed by atoms with Gasteiger partial charge in [-0.3, -0.25) is 14.2 Å². The van der Waals surface area contributed by atoms with Gasteiger partial charge in [-0.25, -0.2) is 9.97 Å². The van der Waals surface area contributed by atoms with E-state index in [0.717, 1.165) is 6.42 Å². The fraction of sp³-hybridized carbons (Fsp3) is 0.300. The number of ether oxygens (including phenoxy) is 1. The summed E-state index contributed by atoms with van der Waals surface area (Å²) in [4.78, 5) is 35.2. The Morgan fingerprint density at radius 3 is 2.85 bits per heavy atom. The van der Waals surface area contributed by atoms with E-state index in [0.29, 0.717) is 36.4 Å². The second-order valence-electron chi connectivity index (χ2n) is 6.55. The number of pyridine rings is 1. The maximum Gasteiger partial charge on any atom is 0.261 e. The molecule has 1 atom stereocenters. The lowest BCUT2D eigenvalue weighted by Crippen LogP contribution is -2.32. The van der Waals surface area contributed by atoms with Gasteiger partial charge in [0.2, 0.25) is 11.8 Å². The molecule has 1 unspecified atom stereocenters. The summed E-state index contributed by atoms with van der Waals surface area (Å²) in [5, 5.41) is 0.567. The minimum atomic E-state index is -0.119. The first-order valence-electron chi connectivity index (χ1n) is 9.00. The maximum absolute atomic E-state index is 12.5. The molecule has 7 heteroatoms. The highest BCUT2D eigenvalue weighted by Crippen LogP contribution is 2.17. The zero-order valence-corrected chi connectivity index (χ0v) is 14.8. The summed E-state index contributed by atoms with van der Waals surface area (Å²) < 4.78 is 7.31. The third-order valence-corrected chi connectivity index (χ3v) is 4.72. The number of nitrogens with zero attached hydrogens (tertiary/aromatic N) is 4. The summed E-state index contributed by atoms with van der Waals surface area (Å²) in [5.41, 5.74) is 0.547. The molecule has 7 nitrogen and oxygen atoms in total. The normalized spacial score (nSPS) is 16.6. The number of hydrogen-bond donors (Lipinski definition) is 0. The molecule has 1 aliphatic rings. The summed E-state index contributed by atoms with van der Waals surface area (Å²) in [6.07, 6.45) is 4.18.